The number of rotatable bonds is 3. The van der Waals surface area contributed by atoms with E-state index in [2.05, 4.69) is 50.9 Å². The molecule has 98 valence electrons. The lowest BCUT2D eigenvalue weighted by molar-refractivity contribution is 0.340. The second kappa shape index (κ2) is 5.32. The summed E-state index contributed by atoms with van der Waals surface area (Å²) < 4.78 is 6.73. The van der Waals surface area contributed by atoms with Crippen LogP contribution >= 0.6 is 22.6 Å². The molecule has 0 bridgehead atoms. The number of nitrogens with zero attached hydrogens (tertiary/aromatic N) is 2. The van der Waals surface area contributed by atoms with Gasteiger partial charge in [-0.3, -0.25) is 0 Å². The molecule has 19 heavy (non-hydrogen) atoms. The monoisotopic (exact) mass is 367 g/mol. The van der Waals surface area contributed by atoms with Crippen LogP contribution in [0.25, 0.3) is 0 Å². The van der Waals surface area contributed by atoms with Gasteiger partial charge in [0.05, 0.1) is 9.49 Å². The maximum absolute atomic E-state index is 5.69. The van der Waals surface area contributed by atoms with E-state index in [9.17, 15) is 0 Å². The summed E-state index contributed by atoms with van der Waals surface area (Å²) in [5, 5.41) is 3.26. The first-order valence-electron chi connectivity index (χ1n) is 6.27. The Bertz CT molecular complexity index is 603. The van der Waals surface area contributed by atoms with Crippen molar-refractivity contribution in [3.8, 4) is 5.75 Å². The molecule has 2 heterocycles. The van der Waals surface area contributed by atoms with Crippen LogP contribution < -0.4 is 10.1 Å². The SMILES string of the molecule is CCNc1nc(C2COc3ccccc32)ncc1I. The minimum atomic E-state index is 0.130. The number of hydrogen-bond acceptors (Lipinski definition) is 4. The molecular weight excluding hydrogens is 353 g/mol. The van der Waals surface area contributed by atoms with Crippen molar-refractivity contribution in [2.24, 2.45) is 0 Å². The van der Waals surface area contributed by atoms with Gasteiger partial charge in [0, 0.05) is 18.3 Å². The molecule has 1 aliphatic rings. The van der Waals surface area contributed by atoms with E-state index in [-0.39, 0.29) is 5.92 Å². The average Bonchev–Trinajstić information content (AvgIpc) is 2.85. The zero-order valence-corrected chi connectivity index (χ0v) is 12.7. The Morgan fingerprint density at radius 1 is 1.42 bits per heavy atom. The van der Waals surface area contributed by atoms with Gasteiger partial charge in [0.2, 0.25) is 0 Å². The number of para-hydroxylation sites is 1. The fourth-order valence-electron chi connectivity index (χ4n) is 2.22. The Kier molecular flexibility index (Phi) is 3.54. The second-order valence-electron chi connectivity index (χ2n) is 4.36. The Morgan fingerprint density at radius 2 is 2.26 bits per heavy atom. The van der Waals surface area contributed by atoms with Gasteiger partial charge in [-0.1, -0.05) is 18.2 Å². The third kappa shape index (κ3) is 2.39. The van der Waals surface area contributed by atoms with Crippen LogP contribution in [0.2, 0.25) is 0 Å². The molecule has 1 aromatic carbocycles. The molecule has 0 saturated heterocycles. The van der Waals surface area contributed by atoms with Gasteiger partial charge < -0.3 is 10.1 Å². The van der Waals surface area contributed by atoms with E-state index in [1.54, 1.807) is 0 Å². The fourth-order valence-corrected chi connectivity index (χ4v) is 2.67. The minimum Gasteiger partial charge on any atom is -0.492 e. The van der Waals surface area contributed by atoms with Gasteiger partial charge in [-0.05, 0) is 35.6 Å². The summed E-state index contributed by atoms with van der Waals surface area (Å²) in [5.74, 6) is 2.80. The maximum Gasteiger partial charge on any atom is 0.143 e. The molecule has 3 rings (SSSR count). The summed E-state index contributed by atoms with van der Waals surface area (Å²) in [6, 6.07) is 8.09. The Morgan fingerprint density at radius 3 is 3.11 bits per heavy atom. The molecular formula is C14H14IN3O. The van der Waals surface area contributed by atoms with E-state index < -0.39 is 0 Å². The Balaban J connectivity index is 1.98. The molecule has 0 radical (unpaired) electrons. The summed E-state index contributed by atoms with van der Waals surface area (Å²) in [7, 11) is 0. The number of nitrogens with one attached hydrogen (secondary N) is 1. The van der Waals surface area contributed by atoms with E-state index in [0.717, 1.165) is 27.5 Å². The lowest BCUT2D eigenvalue weighted by Gasteiger charge is -2.11. The molecule has 1 aromatic heterocycles. The summed E-state index contributed by atoms with van der Waals surface area (Å²) in [4.78, 5) is 9.10. The number of benzene rings is 1. The summed E-state index contributed by atoms with van der Waals surface area (Å²) in [6.07, 6.45) is 1.86. The highest BCUT2D eigenvalue weighted by molar-refractivity contribution is 14.1. The van der Waals surface area contributed by atoms with Gasteiger partial charge in [0.15, 0.2) is 0 Å². The quantitative estimate of drug-likeness (QED) is 0.848. The molecule has 1 unspecified atom stereocenters. The third-order valence-electron chi connectivity index (χ3n) is 3.12. The van der Waals surface area contributed by atoms with Crippen LogP contribution in [0, 0.1) is 3.57 Å². The molecule has 1 atom stereocenters. The predicted octanol–water partition coefficient (Wildman–Crippen LogP) is 3.04. The molecule has 2 aromatic rings. The van der Waals surface area contributed by atoms with Crippen molar-refractivity contribution in [3.63, 3.8) is 0 Å². The molecule has 0 spiro atoms. The number of anilines is 1. The van der Waals surface area contributed by atoms with E-state index in [1.807, 2.05) is 24.4 Å². The number of hydrogen-bond donors (Lipinski definition) is 1. The van der Waals surface area contributed by atoms with Gasteiger partial charge in [0.25, 0.3) is 0 Å². The van der Waals surface area contributed by atoms with Crippen LogP contribution in [-0.4, -0.2) is 23.1 Å². The van der Waals surface area contributed by atoms with Crippen molar-refractivity contribution in [3.05, 3.63) is 45.4 Å². The van der Waals surface area contributed by atoms with Crippen LogP contribution in [0.15, 0.2) is 30.5 Å². The second-order valence-corrected chi connectivity index (χ2v) is 5.52. The van der Waals surface area contributed by atoms with Gasteiger partial charge in [-0.25, -0.2) is 9.97 Å². The maximum atomic E-state index is 5.69. The zero-order valence-electron chi connectivity index (χ0n) is 10.6. The minimum absolute atomic E-state index is 0.130. The zero-order chi connectivity index (χ0) is 13.2. The normalized spacial score (nSPS) is 16.8. The van der Waals surface area contributed by atoms with Crippen molar-refractivity contribution in [1.82, 2.24) is 9.97 Å². The van der Waals surface area contributed by atoms with Crippen LogP contribution in [-0.2, 0) is 0 Å². The van der Waals surface area contributed by atoms with Gasteiger partial charge >= 0.3 is 0 Å². The molecule has 0 amide bonds. The lowest BCUT2D eigenvalue weighted by atomic mass is 10.0. The number of fused-ring (bicyclic) bond motifs is 1. The van der Waals surface area contributed by atoms with Gasteiger partial charge in [-0.2, -0.15) is 0 Å². The van der Waals surface area contributed by atoms with Crippen molar-refractivity contribution in [1.29, 1.82) is 0 Å². The highest BCUT2D eigenvalue weighted by atomic mass is 127. The highest BCUT2D eigenvalue weighted by Crippen LogP contribution is 2.36. The smallest absolute Gasteiger partial charge is 0.143 e. The Labute approximate surface area is 125 Å². The predicted molar refractivity (Wildman–Crippen MR) is 82.7 cm³/mol. The molecule has 0 fully saturated rings. The first-order valence-corrected chi connectivity index (χ1v) is 7.35. The van der Waals surface area contributed by atoms with Crippen LogP contribution in [0.1, 0.15) is 24.2 Å². The highest BCUT2D eigenvalue weighted by Gasteiger charge is 2.27. The van der Waals surface area contributed by atoms with E-state index in [0.29, 0.717) is 6.61 Å². The van der Waals surface area contributed by atoms with E-state index in [4.69, 9.17) is 4.74 Å². The molecule has 1 aliphatic heterocycles. The topological polar surface area (TPSA) is 47.0 Å². The van der Waals surface area contributed by atoms with E-state index in [1.165, 1.54) is 5.56 Å². The van der Waals surface area contributed by atoms with Crippen molar-refractivity contribution < 1.29 is 4.74 Å². The molecule has 0 aliphatic carbocycles. The third-order valence-corrected chi connectivity index (χ3v) is 3.91. The van der Waals surface area contributed by atoms with Crippen molar-refractivity contribution in [2.45, 2.75) is 12.8 Å². The number of aromatic nitrogens is 2. The van der Waals surface area contributed by atoms with Crippen LogP contribution in [0.4, 0.5) is 5.82 Å². The molecule has 0 saturated carbocycles. The largest absolute Gasteiger partial charge is 0.492 e. The van der Waals surface area contributed by atoms with Crippen molar-refractivity contribution >= 4 is 28.4 Å². The standard InChI is InChI=1S/C14H14IN3O/c1-2-16-14-11(15)7-17-13(18-14)10-8-19-12-6-4-3-5-9(10)12/h3-7,10H,2,8H2,1H3,(H,16,17,18). The Hall–Kier alpha value is -1.37. The fraction of sp³-hybridized carbons (Fsp3) is 0.286. The number of ether oxygens (including phenoxy) is 1. The van der Waals surface area contributed by atoms with Crippen LogP contribution in [0.5, 0.6) is 5.75 Å². The summed E-state index contributed by atoms with van der Waals surface area (Å²) >= 11 is 2.24. The van der Waals surface area contributed by atoms with Gasteiger partial charge in [0.1, 0.15) is 24.0 Å². The summed E-state index contributed by atoms with van der Waals surface area (Å²) in [6.45, 7) is 3.53. The first-order chi connectivity index (χ1) is 9.29. The number of halogens is 1. The van der Waals surface area contributed by atoms with Crippen LogP contribution in [0.3, 0.4) is 0 Å². The molecule has 5 heteroatoms. The first kappa shape index (κ1) is 12.7. The lowest BCUT2D eigenvalue weighted by Crippen LogP contribution is -2.11. The average molecular weight is 367 g/mol. The summed E-state index contributed by atoms with van der Waals surface area (Å²) in [5.41, 5.74) is 1.17. The van der Waals surface area contributed by atoms with E-state index >= 15 is 0 Å². The van der Waals surface area contributed by atoms with Gasteiger partial charge in [-0.15, -0.1) is 0 Å². The molecule has 4 nitrogen and oxygen atoms in total. The van der Waals surface area contributed by atoms with Crippen molar-refractivity contribution in [2.75, 3.05) is 18.5 Å². The molecule has 1 N–H and O–H groups in total.